The Hall–Kier alpha value is -1.89. The highest BCUT2D eigenvalue weighted by Gasteiger charge is 2.68. The summed E-state index contributed by atoms with van der Waals surface area (Å²) in [5, 5.41) is 2.78. The van der Waals surface area contributed by atoms with Crippen LogP contribution in [0.2, 0.25) is 0 Å². The number of carbonyl (C=O) groups excluding carboxylic acids is 3. The number of amides is 1. The first-order valence-electron chi connectivity index (χ1n) is 8.90. The maximum absolute atomic E-state index is 12.6. The highest BCUT2D eigenvalue weighted by Crippen LogP contribution is 2.60. The van der Waals surface area contributed by atoms with Crippen molar-refractivity contribution in [1.82, 2.24) is 0 Å². The molecule has 1 saturated heterocycles. The molecular formula is C19H20BrNO5. The third-order valence-electron chi connectivity index (χ3n) is 5.81. The molecule has 2 aliphatic carbocycles. The van der Waals surface area contributed by atoms with Gasteiger partial charge in [-0.05, 0) is 30.4 Å². The second kappa shape index (κ2) is 6.68. The number of alkyl halides is 1. The predicted molar refractivity (Wildman–Crippen MR) is 96.6 cm³/mol. The number of nitrogens with one attached hydrogen (secondary N) is 1. The Kier molecular flexibility index (Phi) is 4.50. The standard InChI is InChI=1S/C19H20BrNO5/c1-2-9-5-3-4-6-12(9)21-13(22)8-25-18(23)14-10-7-11-15(14)19(24)26-17(11)16(10)20/h3-6,10-11,14-17H,2,7-8H2,1H3,(H,21,22)/t10-,11-,14-,15+,16+,17+/m1/s1. The van der Waals surface area contributed by atoms with E-state index in [2.05, 4.69) is 21.2 Å². The van der Waals surface area contributed by atoms with Gasteiger partial charge >= 0.3 is 11.9 Å². The average Bonchev–Trinajstić information content (AvgIpc) is 3.24. The minimum atomic E-state index is -0.522. The molecule has 0 spiro atoms. The third kappa shape index (κ3) is 2.73. The summed E-state index contributed by atoms with van der Waals surface area (Å²) in [6, 6.07) is 7.51. The Balaban J connectivity index is 1.37. The number of hydrogen-bond acceptors (Lipinski definition) is 5. The molecule has 3 fully saturated rings. The SMILES string of the molecule is CCc1ccccc1NC(=O)COC(=O)[C@@H]1[C@H]2C[C@H]3[C@H](OC(=O)[C@@H]31)[C@H]2Br. The predicted octanol–water partition coefficient (Wildman–Crippen LogP) is 2.30. The van der Waals surface area contributed by atoms with Crippen molar-refractivity contribution < 1.29 is 23.9 Å². The van der Waals surface area contributed by atoms with Crippen molar-refractivity contribution in [3.8, 4) is 0 Å². The lowest BCUT2D eigenvalue weighted by atomic mass is 9.80. The van der Waals surface area contributed by atoms with Gasteiger partial charge in [0.05, 0.1) is 16.7 Å². The molecule has 138 valence electrons. The highest BCUT2D eigenvalue weighted by atomic mass is 79.9. The van der Waals surface area contributed by atoms with Crippen LogP contribution in [0.4, 0.5) is 5.69 Å². The molecule has 0 radical (unpaired) electrons. The van der Waals surface area contributed by atoms with E-state index in [0.29, 0.717) is 0 Å². The van der Waals surface area contributed by atoms with Crippen molar-refractivity contribution >= 4 is 39.5 Å². The second-order valence-electron chi connectivity index (χ2n) is 7.13. The van der Waals surface area contributed by atoms with Crippen molar-refractivity contribution in [2.75, 3.05) is 11.9 Å². The van der Waals surface area contributed by atoms with Gasteiger partial charge in [0, 0.05) is 11.6 Å². The number of esters is 2. The fraction of sp³-hybridized carbons (Fsp3) is 0.526. The molecule has 1 aliphatic heterocycles. The average molecular weight is 422 g/mol. The summed E-state index contributed by atoms with van der Waals surface area (Å²) >= 11 is 3.56. The van der Waals surface area contributed by atoms with E-state index in [-0.39, 0.29) is 41.3 Å². The number of benzene rings is 1. The van der Waals surface area contributed by atoms with E-state index in [1.165, 1.54) is 0 Å². The number of halogens is 1. The van der Waals surface area contributed by atoms with Crippen molar-refractivity contribution in [3.63, 3.8) is 0 Å². The minimum absolute atomic E-state index is 0.0157. The zero-order valence-corrected chi connectivity index (χ0v) is 15.9. The van der Waals surface area contributed by atoms with Crippen LogP contribution in [-0.2, 0) is 30.3 Å². The smallest absolute Gasteiger partial charge is 0.310 e. The summed E-state index contributed by atoms with van der Waals surface area (Å²) < 4.78 is 10.6. The van der Waals surface area contributed by atoms with Gasteiger partial charge in [-0.1, -0.05) is 41.1 Å². The van der Waals surface area contributed by atoms with E-state index in [1.807, 2.05) is 31.2 Å². The molecule has 3 aliphatic rings. The molecule has 0 aromatic heterocycles. The van der Waals surface area contributed by atoms with Gasteiger partial charge in [-0.15, -0.1) is 0 Å². The fourth-order valence-corrected chi connectivity index (χ4v) is 5.71. The van der Waals surface area contributed by atoms with Gasteiger partial charge < -0.3 is 14.8 Å². The van der Waals surface area contributed by atoms with Gasteiger partial charge in [-0.25, -0.2) is 0 Å². The molecule has 0 unspecified atom stereocenters. The van der Waals surface area contributed by atoms with Crippen molar-refractivity contribution in [2.24, 2.45) is 23.7 Å². The second-order valence-corrected chi connectivity index (χ2v) is 8.18. The van der Waals surface area contributed by atoms with Crippen LogP contribution in [0.1, 0.15) is 18.9 Å². The zero-order chi connectivity index (χ0) is 18.4. The summed E-state index contributed by atoms with van der Waals surface area (Å²) in [6.45, 7) is 1.65. The number of carbonyl (C=O) groups is 3. The van der Waals surface area contributed by atoms with E-state index in [1.54, 1.807) is 0 Å². The Morgan fingerprint density at radius 3 is 2.85 bits per heavy atom. The van der Waals surface area contributed by atoms with Crippen LogP contribution >= 0.6 is 15.9 Å². The van der Waals surface area contributed by atoms with Gasteiger partial charge in [0.25, 0.3) is 5.91 Å². The summed E-state index contributed by atoms with van der Waals surface area (Å²) in [6.07, 6.45) is 1.45. The molecule has 4 rings (SSSR count). The van der Waals surface area contributed by atoms with E-state index in [9.17, 15) is 14.4 Å². The first-order valence-corrected chi connectivity index (χ1v) is 9.81. The maximum Gasteiger partial charge on any atom is 0.310 e. The molecule has 2 bridgehead atoms. The van der Waals surface area contributed by atoms with E-state index < -0.39 is 17.8 Å². The third-order valence-corrected chi connectivity index (χ3v) is 7.01. The van der Waals surface area contributed by atoms with Crippen molar-refractivity contribution in [3.05, 3.63) is 29.8 Å². The van der Waals surface area contributed by atoms with E-state index in [4.69, 9.17) is 9.47 Å². The normalized spacial score (nSPS) is 33.8. The lowest BCUT2D eigenvalue weighted by molar-refractivity contribution is -0.157. The van der Waals surface area contributed by atoms with Crippen LogP contribution in [0.15, 0.2) is 24.3 Å². The lowest BCUT2D eigenvalue weighted by Crippen LogP contribution is -2.39. The minimum Gasteiger partial charge on any atom is -0.461 e. The largest absolute Gasteiger partial charge is 0.461 e. The van der Waals surface area contributed by atoms with E-state index in [0.717, 1.165) is 24.1 Å². The number of rotatable bonds is 5. The van der Waals surface area contributed by atoms with Crippen LogP contribution in [0.25, 0.3) is 0 Å². The molecular weight excluding hydrogens is 402 g/mol. The first kappa shape index (κ1) is 17.5. The summed E-state index contributed by atoms with van der Waals surface area (Å²) in [5.74, 6) is -2.01. The van der Waals surface area contributed by atoms with Crippen LogP contribution in [0.5, 0.6) is 0 Å². The monoisotopic (exact) mass is 421 g/mol. The van der Waals surface area contributed by atoms with Gasteiger partial charge in [0.15, 0.2) is 6.61 Å². The van der Waals surface area contributed by atoms with Gasteiger partial charge in [0.2, 0.25) is 0 Å². The lowest BCUT2D eigenvalue weighted by Gasteiger charge is -2.26. The highest BCUT2D eigenvalue weighted by molar-refractivity contribution is 9.09. The quantitative estimate of drug-likeness (QED) is 0.582. The Morgan fingerprint density at radius 2 is 2.08 bits per heavy atom. The summed E-state index contributed by atoms with van der Waals surface area (Å²) in [7, 11) is 0. The fourth-order valence-electron chi connectivity index (χ4n) is 4.66. The molecule has 6 nitrogen and oxygen atoms in total. The van der Waals surface area contributed by atoms with Crippen LogP contribution in [-0.4, -0.2) is 35.4 Å². The summed E-state index contributed by atoms with van der Waals surface area (Å²) in [4.78, 5) is 36.8. The van der Waals surface area contributed by atoms with Gasteiger partial charge in [0.1, 0.15) is 6.10 Å². The number of hydrogen-bond donors (Lipinski definition) is 1. The molecule has 1 heterocycles. The van der Waals surface area contributed by atoms with Crippen LogP contribution in [0.3, 0.4) is 0 Å². The van der Waals surface area contributed by atoms with E-state index >= 15 is 0 Å². The number of fused-ring (bicyclic) bond motifs is 1. The number of aryl methyl sites for hydroxylation is 1. The summed E-state index contributed by atoms with van der Waals surface area (Å²) in [5.41, 5.74) is 1.74. The topological polar surface area (TPSA) is 81.7 Å². The Bertz CT molecular complexity index is 766. The number of anilines is 1. The molecule has 2 saturated carbocycles. The van der Waals surface area contributed by atoms with Crippen molar-refractivity contribution in [2.45, 2.75) is 30.7 Å². The molecule has 1 aromatic carbocycles. The first-order chi connectivity index (χ1) is 12.5. The van der Waals surface area contributed by atoms with Gasteiger partial charge in [-0.2, -0.15) is 0 Å². The Morgan fingerprint density at radius 1 is 1.31 bits per heavy atom. The van der Waals surface area contributed by atoms with Crippen LogP contribution in [0, 0.1) is 23.7 Å². The molecule has 7 heteroatoms. The van der Waals surface area contributed by atoms with Crippen LogP contribution < -0.4 is 5.32 Å². The zero-order valence-electron chi connectivity index (χ0n) is 14.3. The molecule has 1 N–H and O–H groups in total. The molecule has 1 aromatic rings. The Labute approximate surface area is 159 Å². The number of ether oxygens (including phenoxy) is 2. The van der Waals surface area contributed by atoms with Crippen molar-refractivity contribution in [1.29, 1.82) is 0 Å². The molecule has 26 heavy (non-hydrogen) atoms. The molecule has 1 amide bonds. The van der Waals surface area contributed by atoms with Gasteiger partial charge in [-0.3, -0.25) is 14.4 Å². The maximum atomic E-state index is 12.6. The molecule has 6 atom stereocenters. The number of para-hydroxylation sites is 1.